The van der Waals surface area contributed by atoms with Crippen LogP contribution in [0, 0.1) is 25.7 Å². The van der Waals surface area contributed by atoms with Gasteiger partial charge in [0.05, 0.1) is 23.3 Å². The van der Waals surface area contributed by atoms with Crippen LogP contribution in [0.3, 0.4) is 0 Å². The van der Waals surface area contributed by atoms with E-state index in [1.54, 1.807) is 19.2 Å². The summed E-state index contributed by atoms with van der Waals surface area (Å²) in [6.07, 6.45) is 6.02. The second-order valence-corrected chi connectivity index (χ2v) is 12.3. The normalized spacial score (nSPS) is 24.9. The lowest BCUT2D eigenvalue weighted by atomic mass is 9.71. The van der Waals surface area contributed by atoms with Crippen LogP contribution in [0.15, 0.2) is 66.2 Å². The minimum absolute atomic E-state index is 0.0683. The minimum Gasteiger partial charge on any atom is -0.497 e. The van der Waals surface area contributed by atoms with Crippen molar-refractivity contribution in [2.75, 3.05) is 26.0 Å². The highest BCUT2D eigenvalue weighted by molar-refractivity contribution is 7.91. The van der Waals surface area contributed by atoms with E-state index >= 15 is 0 Å². The zero-order valence-electron chi connectivity index (χ0n) is 20.8. The van der Waals surface area contributed by atoms with Crippen molar-refractivity contribution >= 4 is 20.7 Å². The molecule has 3 aliphatic rings. The molecule has 3 fully saturated rings. The Hall–Kier alpha value is -2.70. The van der Waals surface area contributed by atoms with Crippen LogP contribution < -0.4 is 4.74 Å². The molecule has 6 rings (SSSR count). The molecule has 0 N–H and O–H groups in total. The Morgan fingerprint density at radius 1 is 1.17 bits per heavy atom. The van der Waals surface area contributed by atoms with Crippen molar-refractivity contribution in [2.45, 2.75) is 43.5 Å². The summed E-state index contributed by atoms with van der Waals surface area (Å²) in [5, 5.41) is 0.968. The molecule has 184 valence electrons. The monoisotopic (exact) mass is 490 g/mol. The Labute approximate surface area is 208 Å². The maximum Gasteiger partial charge on any atom is 0.179 e. The molecule has 5 nitrogen and oxygen atoms in total. The summed E-state index contributed by atoms with van der Waals surface area (Å²) in [4.78, 5) is 7.48. The third kappa shape index (κ3) is 4.62. The van der Waals surface area contributed by atoms with Crippen molar-refractivity contribution in [3.05, 3.63) is 78.0 Å². The summed E-state index contributed by atoms with van der Waals surface area (Å²) in [7, 11) is -1.87. The van der Waals surface area contributed by atoms with Crippen molar-refractivity contribution in [2.24, 2.45) is 11.8 Å². The van der Waals surface area contributed by atoms with Gasteiger partial charge in [-0.05, 0) is 98.2 Å². The molecular weight excluding hydrogens is 456 g/mol. The lowest BCUT2D eigenvalue weighted by molar-refractivity contribution is 0.00969. The van der Waals surface area contributed by atoms with E-state index in [0.717, 1.165) is 59.3 Å². The number of fused-ring (bicyclic) bond motifs is 4. The number of piperidine rings is 3. The van der Waals surface area contributed by atoms with Crippen LogP contribution in [-0.2, 0) is 9.84 Å². The molecule has 2 bridgehead atoms. The van der Waals surface area contributed by atoms with Gasteiger partial charge in [-0.1, -0.05) is 12.1 Å². The van der Waals surface area contributed by atoms with Gasteiger partial charge in [0.2, 0.25) is 0 Å². The maximum atomic E-state index is 13.9. The van der Waals surface area contributed by atoms with E-state index in [1.807, 2.05) is 50.4 Å². The van der Waals surface area contributed by atoms with Gasteiger partial charge in [0.1, 0.15) is 5.75 Å². The number of hydrogen-bond donors (Lipinski definition) is 0. The first kappa shape index (κ1) is 24.0. The number of rotatable bonds is 7. The number of methoxy groups -OCH3 is 1. The van der Waals surface area contributed by atoms with Crippen LogP contribution in [0.4, 0.5) is 0 Å². The van der Waals surface area contributed by atoms with Gasteiger partial charge in [0.15, 0.2) is 9.84 Å². The zero-order valence-corrected chi connectivity index (χ0v) is 21.6. The molecular formula is C29H34N2O3S. The third-order valence-electron chi connectivity index (χ3n) is 7.95. The first-order valence-corrected chi connectivity index (χ1v) is 14.0. The SMILES string of the molecule is C=CC1CN2CCC1C[C@H]2[C@@H](CS(=O)(=O)c1cc(C)cc(C)c1)c1ccnc2ccc(OC)cc12. The topological polar surface area (TPSA) is 59.5 Å². The quantitative estimate of drug-likeness (QED) is 0.420. The standard InChI is InChI=1S/C29H34N2O3S/c1-5-21-17-31-11-9-22(21)15-29(31)27(18-35(32,33)24-13-19(2)12-20(3)14-24)25-8-10-30-28-7-6-23(34-4)16-26(25)28/h5-8,10,12-14,16,21-22,27,29H,1,9,11,15,17-18H2,2-4H3/t21?,22?,27-,29-/m0/s1. The zero-order chi connectivity index (χ0) is 24.7. The van der Waals surface area contributed by atoms with Crippen molar-refractivity contribution < 1.29 is 13.2 Å². The van der Waals surface area contributed by atoms with Crippen molar-refractivity contribution in [3.63, 3.8) is 0 Å². The number of hydrogen-bond acceptors (Lipinski definition) is 5. The number of ether oxygens (including phenoxy) is 1. The number of sulfone groups is 1. The van der Waals surface area contributed by atoms with E-state index in [2.05, 4.69) is 22.5 Å². The Balaban J connectivity index is 1.62. The largest absolute Gasteiger partial charge is 0.497 e. The summed E-state index contributed by atoms with van der Waals surface area (Å²) < 4.78 is 33.3. The molecule has 1 aromatic heterocycles. The van der Waals surface area contributed by atoms with Crippen LogP contribution in [-0.4, -0.2) is 50.3 Å². The Morgan fingerprint density at radius 2 is 1.94 bits per heavy atom. The molecule has 3 unspecified atom stereocenters. The lowest BCUT2D eigenvalue weighted by Gasteiger charge is -2.51. The number of aryl methyl sites for hydroxylation is 2. The molecule has 0 amide bonds. The minimum atomic E-state index is -3.52. The van der Waals surface area contributed by atoms with Crippen LogP contribution >= 0.6 is 0 Å². The molecule has 0 aliphatic carbocycles. The number of benzene rings is 2. The van der Waals surface area contributed by atoms with E-state index in [9.17, 15) is 8.42 Å². The molecule has 6 heteroatoms. The number of aromatic nitrogens is 1. The number of pyridine rings is 1. The average molecular weight is 491 g/mol. The van der Waals surface area contributed by atoms with Gasteiger partial charge in [-0.3, -0.25) is 9.88 Å². The molecule has 0 spiro atoms. The molecule has 2 aromatic carbocycles. The average Bonchev–Trinajstić information content (AvgIpc) is 2.86. The highest BCUT2D eigenvalue weighted by atomic mass is 32.2. The van der Waals surface area contributed by atoms with Gasteiger partial charge in [0, 0.05) is 30.1 Å². The van der Waals surface area contributed by atoms with Crippen LogP contribution in [0.5, 0.6) is 5.75 Å². The predicted molar refractivity (Wildman–Crippen MR) is 141 cm³/mol. The molecule has 3 aliphatic heterocycles. The van der Waals surface area contributed by atoms with Gasteiger partial charge in [0.25, 0.3) is 0 Å². The summed E-state index contributed by atoms with van der Waals surface area (Å²) in [5.74, 6) is 1.67. The Morgan fingerprint density at radius 3 is 2.60 bits per heavy atom. The van der Waals surface area contributed by atoms with Crippen molar-refractivity contribution in [3.8, 4) is 5.75 Å². The third-order valence-corrected chi connectivity index (χ3v) is 9.71. The van der Waals surface area contributed by atoms with Crippen LogP contribution in [0.2, 0.25) is 0 Å². The molecule has 4 heterocycles. The number of nitrogens with zero attached hydrogens (tertiary/aromatic N) is 2. The first-order valence-electron chi connectivity index (χ1n) is 12.4. The maximum absolute atomic E-state index is 13.9. The predicted octanol–water partition coefficient (Wildman–Crippen LogP) is 5.31. The first-order chi connectivity index (χ1) is 16.8. The fourth-order valence-electron chi connectivity index (χ4n) is 6.25. The van der Waals surface area contributed by atoms with Gasteiger partial charge >= 0.3 is 0 Å². The van der Waals surface area contributed by atoms with Crippen molar-refractivity contribution in [1.82, 2.24) is 9.88 Å². The summed E-state index contributed by atoms with van der Waals surface area (Å²) in [6, 6.07) is 13.6. The van der Waals surface area contributed by atoms with E-state index in [-0.39, 0.29) is 17.7 Å². The van der Waals surface area contributed by atoms with Crippen molar-refractivity contribution in [1.29, 1.82) is 0 Å². The van der Waals surface area contributed by atoms with E-state index in [4.69, 9.17) is 4.74 Å². The summed E-state index contributed by atoms with van der Waals surface area (Å²) in [6.45, 7) is 9.92. The molecule has 3 saturated heterocycles. The molecule has 0 saturated carbocycles. The highest BCUT2D eigenvalue weighted by Gasteiger charge is 2.44. The molecule has 3 aromatic rings. The highest BCUT2D eigenvalue weighted by Crippen LogP contribution is 2.44. The fourth-order valence-corrected chi connectivity index (χ4v) is 8.04. The Kier molecular flexibility index (Phi) is 6.45. The molecule has 0 radical (unpaired) electrons. The Bertz CT molecular complexity index is 1350. The van der Waals surface area contributed by atoms with Gasteiger partial charge in [-0.25, -0.2) is 8.42 Å². The van der Waals surface area contributed by atoms with Gasteiger partial charge in [-0.2, -0.15) is 0 Å². The van der Waals surface area contributed by atoms with E-state index < -0.39 is 9.84 Å². The smallest absolute Gasteiger partial charge is 0.179 e. The lowest BCUT2D eigenvalue weighted by Crippen LogP contribution is -2.55. The van der Waals surface area contributed by atoms with Crippen LogP contribution in [0.25, 0.3) is 10.9 Å². The summed E-state index contributed by atoms with van der Waals surface area (Å²) >= 11 is 0. The molecule has 5 atom stereocenters. The van der Waals surface area contributed by atoms with Gasteiger partial charge in [-0.15, -0.1) is 6.58 Å². The van der Waals surface area contributed by atoms with Gasteiger partial charge < -0.3 is 4.74 Å². The summed E-state index contributed by atoms with van der Waals surface area (Å²) in [5.41, 5.74) is 3.83. The second-order valence-electron chi connectivity index (χ2n) is 10.2. The second kappa shape index (κ2) is 9.40. The van der Waals surface area contributed by atoms with Crippen LogP contribution in [0.1, 0.15) is 35.4 Å². The van der Waals surface area contributed by atoms with E-state index in [1.165, 1.54) is 0 Å². The fraction of sp³-hybridized carbons (Fsp3) is 0.414. The molecule has 35 heavy (non-hydrogen) atoms. The van der Waals surface area contributed by atoms with E-state index in [0.29, 0.717) is 16.7 Å².